The molecule has 0 aliphatic carbocycles. The first-order valence-corrected chi connectivity index (χ1v) is 7.51. The van der Waals surface area contributed by atoms with Crippen LogP contribution in [0.2, 0.25) is 0 Å². The summed E-state index contributed by atoms with van der Waals surface area (Å²) in [6.45, 7) is 8.82. The fraction of sp³-hybridized carbons (Fsp3) is 0.389. The van der Waals surface area contributed by atoms with Crippen molar-refractivity contribution in [2.75, 3.05) is 6.54 Å². The van der Waals surface area contributed by atoms with Crippen molar-refractivity contribution >= 4 is 0 Å². The fourth-order valence-corrected chi connectivity index (χ4v) is 2.88. The summed E-state index contributed by atoms with van der Waals surface area (Å²) >= 11 is 0. The maximum atomic E-state index is 14.6. The summed E-state index contributed by atoms with van der Waals surface area (Å²) in [7, 11) is 0. The van der Waals surface area contributed by atoms with Crippen molar-refractivity contribution in [3.05, 3.63) is 64.2 Å². The molecule has 2 nitrogen and oxygen atoms in total. The van der Waals surface area contributed by atoms with E-state index in [1.165, 1.54) is 0 Å². The van der Waals surface area contributed by atoms with Gasteiger partial charge < -0.3 is 5.32 Å². The van der Waals surface area contributed by atoms with Gasteiger partial charge in [0.25, 0.3) is 0 Å². The highest BCUT2D eigenvalue weighted by Gasteiger charge is 2.21. The van der Waals surface area contributed by atoms with Gasteiger partial charge in [-0.05, 0) is 61.2 Å². The first kappa shape index (κ1) is 15.6. The molecule has 0 spiro atoms. The van der Waals surface area contributed by atoms with E-state index in [0.29, 0.717) is 0 Å². The van der Waals surface area contributed by atoms with Gasteiger partial charge in [-0.25, -0.2) is 4.39 Å². The van der Waals surface area contributed by atoms with Crippen molar-refractivity contribution in [2.24, 2.45) is 0 Å². The SMILES string of the molecule is CCNC(c1ccncc1CC)c1c(C)cc(C)cc1F. The van der Waals surface area contributed by atoms with Gasteiger partial charge in [-0.2, -0.15) is 0 Å². The van der Waals surface area contributed by atoms with Crippen molar-refractivity contribution < 1.29 is 4.39 Å². The number of hydrogen-bond acceptors (Lipinski definition) is 2. The Hall–Kier alpha value is -1.74. The Kier molecular flexibility index (Phi) is 5.07. The maximum Gasteiger partial charge on any atom is 0.128 e. The van der Waals surface area contributed by atoms with E-state index in [0.717, 1.165) is 40.8 Å². The monoisotopic (exact) mass is 286 g/mol. The zero-order valence-corrected chi connectivity index (χ0v) is 13.2. The van der Waals surface area contributed by atoms with Crippen molar-refractivity contribution in [1.82, 2.24) is 10.3 Å². The van der Waals surface area contributed by atoms with E-state index in [-0.39, 0.29) is 11.9 Å². The third kappa shape index (κ3) is 3.30. The Morgan fingerprint density at radius 2 is 2.00 bits per heavy atom. The Labute approximate surface area is 126 Å². The third-order valence-electron chi connectivity index (χ3n) is 3.81. The molecule has 0 aliphatic rings. The van der Waals surface area contributed by atoms with Crippen LogP contribution < -0.4 is 5.32 Å². The molecule has 0 fully saturated rings. The molecule has 3 heteroatoms. The molecule has 0 saturated heterocycles. The summed E-state index contributed by atoms with van der Waals surface area (Å²) < 4.78 is 14.6. The second-order valence-corrected chi connectivity index (χ2v) is 5.40. The van der Waals surface area contributed by atoms with Crippen molar-refractivity contribution in [1.29, 1.82) is 0 Å². The molecule has 1 atom stereocenters. The molecule has 1 unspecified atom stereocenters. The number of aryl methyl sites for hydroxylation is 3. The molecule has 21 heavy (non-hydrogen) atoms. The normalized spacial score (nSPS) is 12.4. The lowest BCUT2D eigenvalue weighted by Crippen LogP contribution is -2.25. The van der Waals surface area contributed by atoms with Crippen LogP contribution in [0.3, 0.4) is 0 Å². The molecule has 0 saturated carbocycles. The number of hydrogen-bond donors (Lipinski definition) is 1. The van der Waals surface area contributed by atoms with Gasteiger partial charge in [0.2, 0.25) is 0 Å². The van der Waals surface area contributed by atoms with Crippen LogP contribution in [-0.2, 0) is 6.42 Å². The Bertz CT molecular complexity index is 599. The molecular formula is C18H23FN2. The molecule has 0 radical (unpaired) electrons. The van der Waals surface area contributed by atoms with E-state index >= 15 is 0 Å². The lowest BCUT2D eigenvalue weighted by Gasteiger charge is -2.24. The zero-order chi connectivity index (χ0) is 15.4. The molecule has 0 bridgehead atoms. The highest BCUT2D eigenvalue weighted by Crippen LogP contribution is 2.30. The second kappa shape index (κ2) is 6.81. The molecule has 0 amide bonds. The summed E-state index contributed by atoms with van der Waals surface area (Å²) in [6.07, 6.45) is 4.54. The summed E-state index contributed by atoms with van der Waals surface area (Å²) in [5.74, 6) is -0.141. The minimum atomic E-state index is -0.141. The number of halogens is 1. The topological polar surface area (TPSA) is 24.9 Å². The Morgan fingerprint density at radius 3 is 2.62 bits per heavy atom. The van der Waals surface area contributed by atoms with E-state index in [4.69, 9.17) is 0 Å². The average Bonchev–Trinajstić information content (AvgIpc) is 2.45. The molecule has 1 N–H and O–H groups in total. The van der Waals surface area contributed by atoms with Gasteiger partial charge in [0.15, 0.2) is 0 Å². The van der Waals surface area contributed by atoms with E-state index in [9.17, 15) is 4.39 Å². The van der Waals surface area contributed by atoms with Crippen LogP contribution in [0, 0.1) is 19.7 Å². The number of rotatable bonds is 5. The molecule has 112 valence electrons. The van der Waals surface area contributed by atoms with Crippen LogP contribution in [0.15, 0.2) is 30.6 Å². The zero-order valence-electron chi connectivity index (χ0n) is 13.2. The third-order valence-corrected chi connectivity index (χ3v) is 3.81. The largest absolute Gasteiger partial charge is 0.306 e. The summed E-state index contributed by atoms with van der Waals surface area (Å²) in [5, 5.41) is 3.42. The van der Waals surface area contributed by atoms with Gasteiger partial charge >= 0.3 is 0 Å². The van der Waals surface area contributed by atoms with Crippen LogP contribution in [-0.4, -0.2) is 11.5 Å². The molecule has 0 aliphatic heterocycles. The first-order chi connectivity index (χ1) is 10.1. The van der Waals surface area contributed by atoms with E-state index < -0.39 is 0 Å². The minimum absolute atomic E-state index is 0.131. The van der Waals surface area contributed by atoms with Gasteiger partial charge in [0.05, 0.1) is 6.04 Å². The molecule has 1 aromatic heterocycles. The molecule has 1 aromatic carbocycles. The van der Waals surface area contributed by atoms with Gasteiger partial charge in [-0.1, -0.05) is 19.9 Å². The standard InChI is InChI=1S/C18H23FN2/c1-5-14-11-20-8-7-15(14)18(21-6-2)17-13(4)9-12(3)10-16(17)19/h7-11,18,21H,5-6H2,1-4H3. The molecule has 1 heterocycles. The number of nitrogens with zero attached hydrogens (tertiary/aromatic N) is 1. The van der Waals surface area contributed by atoms with E-state index in [1.807, 2.05) is 39.1 Å². The molecular weight excluding hydrogens is 263 g/mol. The number of pyridine rings is 1. The minimum Gasteiger partial charge on any atom is -0.306 e. The van der Waals surface area contributed by atoms with Crippen LogP contribution in [0.1, 0.15) is 47.7 Å². The van der Waals surface area contributed by atoms with Crippen molar-refractivity contribution in [2.45, 2.75) is 40.2 Å². The first-order valence-electron chi connectivity index (χ1n) is 7.51. The van der Waals surface area contributed by atoms with Gasteiger partial charge in [0, 0.05) is 18.0 Å². The van der Waals surface area contributed by atoms with E-state index in [2.05, 4.69) is 17.2 Å². The Morgan fingerprint density at radius 1 is 1.24 bits per heavy atom. The Balaban J connectivity index is 2.59. The van der Waals surface area contributed by atoms with Gasteiger partial charge in [-0.15, -0.1) is 0 Å². The summed E-state index contributed by atoms with van der Waals surface area (Å²) in [4.78, 5) is 4.19. The van der Waals surface area contributed by atoms with E-state index in [1.54, 1.807) is 12.3 Å². The maximum absolute atomic E-state index is 14.6. The fourth-order valence-electron chi connectivity index (χ4n) is 2.88. The lowest BCUT2D eigenvalue weighted by molar-refractivity contribution is 0.552. The molecule has 2 aromatic rings. The second-order valence-electron chi connectivity index (χ2n) is 5.40. The predicted molar refractivity (Wildman–Crippen MR) is 85.0 cm³/mol. The van der Waals surface area contributed by atoms with Crippen molar-refractivity contribution in [3.63, 3.8) is 0 Å². The number of nitrogens with one attached hydrogen (secondary N) is 1. The van der Waals surface area contributed by atoms with Crippen LogP contribution >= 0.6 is 0 Å². The predicted octanol–water partition coefficient (Wildman–Crippen LogP) is 4.10. The van der Waals surface area contributed by atoms with Gasteiger partial charge in [-0.3, -0.25) is 4.98 Å². The molecule has 2 rings (SSSR count). The van der Waals surface area contributed by atoms with Crippen molar-refractivity contribution in [3.8, 4) is 0 Å². The van der Waals surface area contributed by atoms with Gasteiger partial charge in [0.1, 0.15) is 5.82 Å². The highest BCUT2D eigenvalue weighted by molar-refractivity contribution is 5.42. The number of aromatic nitrogens is 1. The smallest absolute Gasteiger partial charge is 0.128 e. The van der Waals surface area contributed by atoms with Crippen LogP contribution in [0.25, 0.3) is 0 Å². The van der Waals surface area contributed by atoms with Crippen LogP contribution in [0.5, 0.6) is 0 Å². The quantitative estimate of drug-likeness (QED) is 0.895. The summed E-state index contributed by atoms with van der Waals surface area (Å²) in [5.41, 5.74) is 4.94. The lowest BCUT2D eigenvalue weighted by atomic mass is 9.90. The highest BCUT2D eigenvalue weighted by atomic mass is 19.1. The number of benzene rings is 1. The van der Waals surface area contributed by atoms with Crippen LogP contribution in [0.4, 0.5) is 4.39 Å². The summed E-state index contributed by atoms with van der Waals surface area (Å²) in [6, 6.07) is 5.51. The average molecular weight is 286 g/mol.